The van der Waals surface area contributed by atoms with Gasteiger partial charge >= 0.3 is 7.82 Å². The zero-order chi connectivity index (χ0) is 23.7. The van der Waals surface area contributed by atoms with Crippen molar-refractivity contribution in [2.75, 3.05) is 26.3 Å². The number of phosphoric acid groups is 1. The van der Waals surface area contributed by atoms with Crippen LogP contribution < -0.4 is 4.74 Å². The largest absolute Gasteiger partial charge is 0.493 e. The lowest BCUT2D eigenvalue weighted by Crippen LogP contribution is -2.62. The molecule has 0 unspecified atom stereocenters. The predicted octanol–water partition coefficient (Wildman–Crippen LogP) is 3.18. The molecular formula is C18H16Cl2FN2O7PS. The fourth-order valence-corrected chi connectivity index (χ4v) is 5.91. The first-order chi connectivity index (χ1) is 14.8. The summed E-state index contributed by atoms with van der Waals surface area (Å²) in [4.78, 5) is 17.9. The Morgan fingerprint density at radius 3 is 2.44 bits per heavy atom. The number of rotatable bonds is 8. The van der Waals surface area contributed by atoms with Crippen LogP contribution in [0.3, 0.4) is 0 Å². The van der Waals surface area contributed by atoms with E-state index in [1.165, 1.54) is 30.3 Å². The van der Waals surface area contributed by atoms with Crippen molar-refractivity contribution >= 4 is 41.0 Å². The van der Waals surface area contributed by atoms with E-state index in [-0.39, 0.29) is 46.0 Å². The monoisotopic (exact) mass is 524 g/mol. The fraction of sp³-hybridized carbons (Fsp3) is 0.278. The zero-order valence-electron chi connectivity index (χ0n) is 16.1. The molecule has 1 fully saturated rings. The zero-order valence-corrected chi connectivity index (χ0v) is 19.3. The summed E-state index contributed by atoms with van der Waals surface area (Å²) in [5.41, 5.74) is -1.31. The highest BCUT2D eigenvalue weighted by atomic mass is 35.5. The topological polar surface area (TPSA) is 137 Å². The number of benzene rings is 2. The Labute approximate surface area is 193 Å². The van der Waals surface area contributed by atoms with Gasteiger partial charge in [-0.3, -0.25) is 4.52 Å². The standard InChI is InChI=1S/C18H16Cl2FN2O7PS/c19-13-2-4-17(15(20)5-13)32(27,28)23-8-18(9-23,11-30-31(24,25)26)10-29-14-3-1-12(7-22)16(21)6-14/h1-6H,8-11H2,(H2,24,25,26). The molecule has 0 aliphatic carbocycles. The van der Waals surface area contributed by atoms with Crippen molar-refractivity contribution in [1.82, 2.24) is 4.31 Å². The van der Waals surface area contributed by atoms with Crippen molar-refractivity contribution in [2.45, 2.75) is 4.90 Å². The molecule has 2 aromatic rings. The molecular weight excluding hydrogens is 509 g/mol. The maximum Gasteiger partial charge on any atom is 0.469 e. The van der Waals surface area contributed by atoms with Gasteiger partial charge in [-0.2, -0.15) is 9.57 Å². The van der Waals surface area contributed by atoms with Crippen LogP contribution in [0.5, 0.6) is 5.75 Å². The van der Waals surface area contributed by atoms with E-state index in [0.29, 0.717) is 0 Å². The van der Waals surface area contributed by atoms with Gasteiger partial charge in [-0.25, -0.2) is 17.4 Å². The fourth-order valence-electron chi connectivity index (χ4n) is 3.05. The molecule has 0 spiro atoms. The predicted molar refractivity (Wildman–Crippen MR) is 112 cm³/mol. The second kappa shape index (κ2) is 9.25. The molecule has 9 nitrogen and oxygen atoms in total. The third-order valence-electron chi connectivity index (χ3n) is 4.68. The molecule has 0 bridgehead atoms. The van der Waals surface area contributed by atoms with Gasteiger partial charge in [-0.05, 0) is 30.3 Å². The van der Waals surface area contributed by atoms with Gasteiger partial charge in [0.2, 0.25) is 10.0 Å². The average molecular weight is 525 g/mol. The lowest BCUT2D eigenvalue weighted by atomic mass is 9.83. The van der Waals surface area contributed by atoms with Gasteiger partial charge in [0.1, 0.15) is 22.5 Å². The van der Waals surface area contributed by atoms with Crippen LogP contribution >= 0.6 is 31.0 Å². The average Bonchev–Trinajstić information content (AvgIpc) is 2.65. The first kappa shape index (κ1) is 24.9. The van der Waals surface area contributed by atoms with Gasteiger partial charge in [-0.1, -0.05) is 23.2 Å². The van der Waals surface area contributed by atoms with Crippen LogP contribution in [0.25, 0.3) is 0 Å². The van der Waals surface area contributed by atoms with E-state index in [9.17, 15) is 17.4 Å². The molecule has 0 aromatic heterocycles. The van der Waals surface area contributed by atoms with Crippen molar-refractivity contribution in [3.8, 4) is 11.8 Å². The molecule has 2 N–H and O–H groups in total. The number of halogens is 3. The number of hydrogen-bond acceptors (Lipinski definition) is 6. The molecule has 0 saturated carbocycles. The highest BCUT2D eigenvalue weighted by Gasteiger charge is 2.50. The molecule has 32 heavy (non-hydrogen) atoms. The molecule has 1 aliphatic heterocycles. The Morgan fingerprint density at radius 1 is 1.19 bits per heavy atom. The quantitative estimate of drug-likeness (QED) is 0.502. The summed E-state index contributed by atoms with van der Waals surface area (Å²) in [6.07, 6.45) is 0. The van der Waals surface area contributed by atoms with E-state index in [0.717, 1.165) is 10.4 Å². The smallest absolute Gasteiger partial charge is 0.469 e. The van der Waals surface area contributed by atoms with Crippen LogP contribution in [0.4, 0.5) is 4.39 Å². The molecule has 14 heteroatoms. The second-order valence-corrected chi connectivity index (χ2v) is 11.1. The van der Waals surface area contributed by atoms with Crippen molar-refractivity contribution in [3.63, 3.8) is 0 Å². The van der Waals surface area contributed by atoms with Crippen molar-refractivity contribution in [1.29, 1.82) is 5.26 Å². The summed E-state index contributed by atoms with van der Waals surface area (Å²) in [5, 5.41) is 8.97. The molecule has 0 amide bonds. The van der Waals surface area contributed by atoms with Crippen LogP contribution in [-0.2, 0) is 19.1 Å². The summed E-state index contributed by atoms with van der Waals surface area (Å²) >= 11 is 11.8. The van der Waals surface area contributed by atoms with E-state index >= 15 is 0 Å². The third-order valence-corrected chi connectivity index (χ3v) is 7.66. The summed E-state index contributed by atoms with van der Waals surface area (Å²) in [6.45, 7) is -1.16. The Hall–Kier alpha value is -1.74. The van der Waals surface area contributed by atoms with Crippen molar-refractivity contribution in [3.05, 3.63) is 57.8 Å². The minimum absolute atomic E-state index is 0.0547. The normalized spacial score (nSPS) is 16.2. The molecule has 1 heterocycles. The van der Waals surface area contributed by atoms with E-state index in [4.69, 9.17) is 43.0 Å². The number of ether oxygens (including phenoxy) is 1. The van der Waals surface area contributed by atoms with Crippen LogP contribution in [-0.4, -0.2) is 48.8 Å². The van der Waals surface area contributed by atoms with Gasteiger partial charge in [0.15, 0.2) is 0 Å². The number of hydrogen-bond donors (Lipinski definition) is 2. The molecule has 0 atom stereocenters. The maximum absolute atomic E-state index is 13.8. The Morgan fingerprint density at radius 2 is 1.88 bits per heavy atom. The highest BCUT2D eigenvalue weighted by Crippen LogP contribution is 2.43. The van der Waals surface area contributed by atoms with E-state index in [1.807, 2.05) is 0 Å². The SMILES string of the molecule is N#Cc1ccc(OCC2(COP(=O)(O)O)CN(S(=O)(=O)c3ccc(Cl)cc3Cl)C2)cc1F. The highest BCUT2D eigenvalue weighted by molar-refractivity contribution is 7.89. The van der Waals surface area contributed by atoms with Crippen LogP contribution in [0, 0.1) is 22.6 Å². The van der Waals surface area contributed by atoms with Gasteiger partial charge in [0.05, 0.1) is 29.2 Å². The van der Waals surface area contributed by atoms with Gasteiger partial charge in [0.25, 0.3) is 0 Å². The Balaban J connectivity index is 1.78. The number of nitriles is 1. The minimum Gasteiger partial charge on any atom is -0.493 e. The van der Waals surface area contributed by atoms with Crippen molar-refractivity contribution in [2.24, 2.45) is 5.41 Å². The summed E-state index contributed by atoms with van der Waals surface area (Å²) in [5.74, 6) is -0.750. The molecule has 2 aromatic carbocycles. The van der Waals surface area contributed by atoms with Gasteiger partial charge < -0.3 is 14.5 Å². The molecule has 172 valence electrons. The summed E-state index contributed by atoms with van der Waals surface area (Å²) in [6, 6.07) is 9.11. The number of sulfonamides is 1. The second-order valence-electron chi connectivity index (χ2n) is 7.15. The van der Waals surface area contributed by atoms with Gasteiger partial charge in [0, 0.05) is 24.2 Å². The van der Waals surface area contributed by atoms with Crippen LogP contribution in [0.2, 0.25) is 10.0 Å². The van der Waals surface area contributed by atoms with E-state index in [2.05, 4.69) is 4.52 Å². The van der Waals surface area contributed by atoms with Crippen LogP contribution in [0.15, 0.2) is 41.3 Å². The van der Waals surface area contributed by atoms with E-state index in [1.54, 1.807) is 6.07 Å². The molecule has 0 radical (unpaired) electrons. The number of phosphoric ester groups is 1. The van der Waals surface area contributed by atoms with E-state index < -0.39 is 35.7 Å². The minimum atomic E-state index is -4.84. The Kier molecular flexibility index (Phi) is 7.20. The van der Waals surface area contributed by atoms with Gasteiger partial charge in [-0.15, -0.1) is 0 Å². The molecule has 1 saturated heterocycles. The molecule has 3 rings (SSSR count). The summed E-state index contributed by atoms with van der Waals surface area (Å²) < 4.78 is 62.0. The Bertz CT molecular complexity index is 1230. The lowest BCUT2D eigenvalue weighted by molar-refractivity contribution is -0.0264. The number of nitrogens with zero attached hydrogens (tertiary/aromatic N) is 2. The first-order valence-electron chi connectivity index (χ1n) is 8.83. The third kappa shape index (κ3) is 5.60. The lowest BCUT2D eigenvalue weighted by Gasteiger charge is -2.48. The maximum atomic E-state index is 13.8. The van der Waals surface area contributed by atoms with Crippen molar-refractivity contribution < 1.29 is 36.4 Å². The molecule has 1 aliphatic rings. The summed E-state index contributed by atoms with van der Waals surface area (Å²) in [7, 11) is -8.87. The van der Waals surface area contributed by atoms with Crippen LogP contribution in [0.1, 0.15) is 5.56 Å². The first-order valence-corrected chi connectivity index (χ1v) is 12.6.